The van der Waals surface area contributed by atoms with E-state index in [1.807, 2.05) is 34.6 Å². The van der Waals surface area contributed by atoms with Gasteiger partial charge in [0, 0.05) is 83.3 Å². The summed E-state index contributed by atoms with van der Waals surface area (Å²) < 4.78 is 0. The molecule has 0 aromatic carbocycles. The van der Waals surface area contributed by atoms with E-state index < -0.39 is 0 Å². The van der Waals surface area contributed by atoms with Crippen molar-refractivity contribution in [3.8, 4) is 0 Å². The highest BCUT2D eigenvalue weighted by Gasteiger charge is 2.28. The van der Waals surface area contributed by atoms with Gasteiger partial charge in [-0.3, -0.25) is 9.59 Å². The largest absolute Gasteiger partial charge is 0.355 e. The minimum Gasteiger partial charge on any atom is -0.355 e. The fourth-order valence-electron chi connectivity index (χ4n) is 2.84. The Kier molecular flexibility index (Phi) is 17.6. The third-order valence-electron chi connectivity index (χ3n) is 5.27. The van der Waals surface area contributed by atoms with E-state index in [1.165, 1.54) is 0 Å². The van der Waals surface area contributed by atoms with Gasteiger partial charge in [-0.05, 0) is 26.2 Å². The molecule has 1 unspecified atom stereocenters. The molecule has 0 saturated heterocycles. The molecule has 9 heteroatoms. The van der Waals surface area contributed by atoms with Crippen molar-refractivity contribution < 1.29 is 9.59 Å². The van der Waals surface area contributed by atoms with Crippen LogP contribution in [0.4, 0.5) is 0 Å². The second kappa shape index (κ2) is 18.3. The summed E-state index contributed by atoms with van der Waals surface area (Å²) in [6, 6.07) is 0. The number of rotatable bonds is 20. The van der Waals surface area contributed by atoms with Gasteiger partial charge in [-0.25, -0.2) is 0 Å². The van der Waals surface area contributed by atoms with Gasteiger partial charge in [0.1, 0.15) is 0 Å². The van der Waals surface area contributed by atoms with Crippen molar-refractivity contribution in [1.29, 1.82) is 0 Å². The summed E-state index contributed by atoms with van der Waals surface area (Å²) in [4.78, 5) is 24.8. The summed E-state index contributed by atoms with van der Waals surface area (Å²) in [5.41, 5.74) is 5.16. The Hall–Kier alpha value is -1.26. The predicted molar refractivity (Wildman–Crippen MR) is 129 cm³/mol. The zero-order chi connectivity index (χ0) is 23.5. The molecule has 0 heterocycles. The SMILES string of the molecule is CCC(C)(C)NC(=O)C(CC(=O)NCCNCCNCCNCCNCCN)C(C)C. The van der Waals surface area contributed by atoms with Crippen LogP contribution in [-0.2, 0) is 9.59 Å². The van der Waals surface area contributed by atoms with Crippen LogP contribution in [-0.4, -0.2) is 82.8 Å². The van der Waals surface area contributed by atoms with Crippen LogP contribution in [0.3, 0.4) is 0 Å². The van der Waals surface area contributed by atoms with E-state index in [-0.39, 0.29) is 35.6 Å². The van der Waals surface area contributed by atoms with Gasteiger partial charge in [0.15, 0.2) is 0 Å². The molecule has 0 aliphatic rings. The second-order valence-corrected chi connectivity index (χ2v) is 8.92. The van der Waals surface area contributed by atoms with E-state index in [1.54, 1.807) is 0 Å². The van der Waals surface area contributed by atoms with E-state index in [2.05, 4.69) is 31.9 Å². The number of nitrogens with two attached hydrogens (primary N) is 1. The molecule has 0 aliphatic heterocycles. The number of nitrogens with one attached hydrogen (secondary N) is 6. The van der Waals surface area contributed by atoms with Gasteiger partial charge in [-0.1, -0.05) is 20.8 Å². The number of amides is 2. The minimum atomic E-state index is -0.312. The Balaban J connectivity index is 3.76. The molecule has 0 bridgehead atoms. The van der Waals surface area contributed by atoms with Gasteiger partial charge < -0.3 is 37.6 Å². The third kappa shape index (κ3) is 17.0. The molecule has 0 aromatic heterocycles. The summed E-state index contributed by atoms with van der Waals surface area (Å²) in [6.07, 6.45) is 1.07. The van der Waals surface area contributed by atoms with Crippen molar-refractivity contribution in [2.75, 3.05) is 65.4 Å². The summed E-state index contributed by atoms with van der Waals surface area (Å²) in [5.74, 6) is -0.315. The minimum absolute atomic E-state index is 0.0393. The number of hydrogen-bond donors (Lipinski definition) is 7. The lowest BCUT2D eigenvalue weighted by atomic mass is 9.89. The van der Waals surface area contributed by atoms with Crippen molar-refractivity contribution >= 4 is 11.8 Å². The quantitative estimate of drug-likeness (QED) is 0.125. The predicted octanol–water partition coefficient (Wildman–Crippen LogP) is -0.613. The van der Waals surface area contributed by atoms with Crippen LogP contribution < -0.4 is 37.6 Å². The molecule has 0 aromatic rings. The number of carbonyl (C=O) groups is 2. The molecule has 0 radical (unpaired) electrons. The standard InChI is InChI=1S/C22H49N7O2/c1-6-22(4,5)29-21(31)19(18(2)3)17-20(30)28-16-15-27-14-13-26-12-11-25-10-9-24-8-7-23/h18-19,24-27H,6-17,23H2,1-5H3,(H,28,30)(H,29,31). The average Bonchev–Trinajstić information content (AvgIpc) is 2.71. The van der Waals surface area contributed by atoms with Crippen molar-refractivity contribution in [2.24, 2.45) is 17.6 Å². The topological polar surface area (TPSA) is 132 Å². The van der Waals surface area contributed by atoms with Crippen LogP contribution in [0.5, 0.6) is 0 Å². The summed E-state index contributed by atoms with van der Waals surface area (Å²) in [6.45, 7) is 18.3. The van der Waals surface area contributed by atoms with Gasteiger partial charge >= 0.3 is 0 Å². The molecule has 0 saturated carbocycles. The Morgan fingerprint density at radius 2 is 1.26 bits per heavy atom. The zero-order valence-electron chi connectivity index (χ0n) is 20.5. The first-order valence-electron chi connectivity index (χ1n) is 11.8. The van der Waals surface area contributed by atoms with Crippen LogP contribution in [0.2, 0.25) is 0 Å². The first-order valence-corrected chi connectivity index (χ1v) is 11.8. The van der Waals surface area contributed by atoms with Crippen LogP contribution in [0, 0.1) is 11.8 Å². The first kappa shape index (κ1) is 29.7. The fraction of sp³-hybridized carbons (Fsp3) is 0.909. The second-order valence-electron chi connectivity index (χ2n) is 8.92. The maximum absolute atomic E-state index is 12.6. The molecule has 9 nitrogen and oxygen atoms in total. The molecule has 8 N–H and O–H groups in total. The number of carbonyl (C=O) groups excluding carboxylic acids is 2. The van der Waals surface area contributed by atoms with E-state index in [0.29, 0.717) is 19.6 Å². The van der Waals surface area contributed by atoms with Gasteiger partial charge in [0.05, 0.1) is 0 Å². The maximum atomic E-state index is 12.6. The lowest BCUT2D eigenvalue weighted by molar-refractivity contribution is -0.132. The molecule has 0 rings (SSSR count). The van der Waals surface area contributed by atoms with Crippen molar-refractivity contribution in [3.63, 3.8) is 0 Å². The Morgan fingerprint density at radius 1 is 0.806 bits per heavy atom. The molecule has 0 fully saturated rings. The fourth-order valence-corrected chi connectivity index (χ4v) is 2.84. The Morgan fingerprint density at radius 3 is 1.68 bits per heavy atom. The highest BCUT2D eigenvalue weighted by Crippen LogP contribution is 2.18. The molecule has 1 atom stereocenters. The maximum Gasteiger partial charge on any atom is 0.224 e. The Labute approximate surface area is 189 Å². The van der Waals surface area contributed by atoms with Gasteiger partial charge in [-0.15, -0.1) is 0 Å². The van der Waals surface area contributed by atoms with Crippen molar-refractivity contribution in [2.45, 2.75) is 53.0 Å². The average molecular weight is 444 g/mol. The molecular weight excluding hydrogens is 394 g/mol. The van der Waals surface area contributed by atoms with Crippen LogP contribution >= 0.6 is 0 Å². The molecule has 31 heavy (non-hydrogen) atoms. The third-order valence-corrected chi connectivity index (χ3v) is 5.27. The lowest BCUT2D eigenvalue weighted by Gasteiger charge is -2.29. The highest BCUT2D eigenvalue weighted by atomic mass is 16.2. The van der Waals surface area contributed by atoms with Gasteiger partial charge in [-0.2, -0.15) is 0 Å². The number of hydrogen-bond acceptors (Lipinski definition) is 7. The van der Waals surface area contributed by atoms with E-state index in [4.69, 9.17) is 5.73 Å². The highest BCUT2D eigenvalue weighted by molar-refractivity contribution is 5.86. The molecular formula is C22H49N7O2. The normalized spacial score (nSPS) is 12.7. The van der Waals surface area contributed by atoms with Crippen molar-refractivity contribution in [3.05, 3.63) is 0 Å². The smallest absolute Gasteiger partial charge is 0.224 e. The van der Waals surface area contributed by atoms with E-state index in [9.17, 15) is 9.59 Å². The molecule has 0 aliphatic carbocycles. The molecule has 0 spiro atoms. The Bertz CT molecular complexity index is 473. The first-order chi connectivity index (χ1) is 14.7. The van der Waals surface area contributed by atoms with Gasteiger partial charge in [0.2, 0.25) is 11.8 Å². The van der Waals surface area contributed by atoms with E-state index in [0.717, 1.165) is 52.2 Å². The van der Waals surface area contributed by atoms with Crippen LogP contribution in [0.15, 0.2) is 0 Å². The monoisotopic (exact) mass is 443 g/mol. The van der Waals surface area contributed by atoms with Crippen LogP contribution in [0.25, 0.3) is 0 Å². The van der Waals surface area contributed by atoms with E-state index >= 15 is 0 Å². The van der Waals surface area contributed by atoms with Crippen molar-refractivity contribution in [1.82, 2.24) is 31.9 Å². The van der Waals surface area contributed by atoms with Gasteiger partial charge in [0.25, 0.3) is 0 Å². The summed E-state index contributed by atoms with van der Waals surface area (Å²) >= 11 is 0. The molecule has 2 amide bonds. The summed E-state index contributed by atoms with van der Waals surface area (Å²) in [5, 5.41) is 19.2. The van der Waals surface area contributed by atoms with Crippen LogP contribution in [0.1, 0.15) is 47.5 Å². The lowest BCUT2D eigenvalue weighted by Crippen LogP contribution is -2.47. The summed E-state index contributed by atoms with van der Waals surface area (Å²) in [7, 11) is 0. The molecule has 184 valence electrons. The zero-order valence-corrected chi connectivity index (χ0v) is 20.5.